The lowest BCUT2D eigenvalue weighted by Gasteiger charge is -2.44. The number of rotatable bonds is 1. The Morgan fingerprint density at radius 2 is 1.87 bits per heavy atom. The summed E-state index contributed by atoms with van der Waals surface area (Å²) in [7, 11) is 0. The molecule has 2 heterocycles. The van der Waals surface area contributed by atoms with Crippen molar-refractivity contribution in [3.8, 4) is 0 Å². The number of nitrogens with zero attached hydrogens (tertiary/aromatic N) is 2. The first-order valence-corrected chi connectivity index (χ1v) is 5.86. The van der Waals surface area contributed by atoms with Gasteiger partial charge in [0.25, 0.3) is 0 Å². The molecule has 0 spiro atoms. The third-order valence-corrected chi connectivity index (χ3v) is 3.51. The maximum absolute atomic E-state index is 11.7. The maximum Gasteiger partial charge on any atom is 0.239 e. The van der Waals surface area contributed by atoms with Gasteiger partial charge in [-0.15, -0.1) is 0 Å². The van der Waals surface area contributed by atoms with Crippen molar-refractivity contribution in [1.82, 2.24) is 10.0 Å². The minimum Gasteiger partial charge on any atom is -0.391 e. The van der Waals surface area contributed by atoms with Gasteiger partial charge in [-0.25, -0.2) is 5.01 Å². The Balaban J connectivity index is 2.10. The summed E-state index contributed by atoms with van der Waals surface area (Å²) in [4.78, 5) is 11.7. The normalized spacial score (nSPS) is 38.7. The number of hydrogen-bond donors (Lipinski definition) is 1. The molecule has 1 amide bonds. The second-order valence-corrected chi connectivity index (χ2v) is 4.84. The zero-order chi connectivity index (χ0) is 11.0. The summed E-state index contributed by atoms with van der Waals surface area (Å²) in [6.45, 7) is 4.80. The summed E-state index contributed by atoms with van der Waals surface area (Å²) < 4.78 is 0. The second kappa shape index (κ2) is 4.10. The standard InChI is InChI=1S/C11H20N2O2/c1-8-4-3-5-9(2)13(8)12-7-10(14)6-11(12)15/h8-10,14H,3-7H2,1-2H3. The molecule has 4 heteroatoms. The molecule has 3 atom stereocenters. The molecule has 2 rings (SSSR count). The molecule has 0 aromatic carbocycles. The molecule has 2 fully saturated rings. The number of amides is 1. The summed E-state index contributed by atoms with van der Waals surface area (Å²) in [5.41, 5.74) is 0. The van der Waals surface area contributed by atoms with Gasteiger partial charge >= 0.3 is 0 Å². The van der Waals surface area contributed by atoms with Crippen LogP contribution in [0.25, 0.3) is 0 Å². The highest BCUT2D eigenvalue weighted by Crippen LogP contribution is 2.27. The zero-order valence-electron chi connectivity index (χ0n) is 9.52. The molecule has 0 saturated carbocycles. The van der Waals surface area contributed by atoms with Crippen LogP contribution >= 0.6 is 0 Å². The maximum atomic E-state index is 11.7. The van der Waals surface area contributed by atoms with Crippen molar-refractivity contribution in [2.45, 2.75) is 57.7 Å². The van der Waals surface area contributed by atoms with Crippen molar-refractivity contribution < 1.29 is 9.90 Å². The highest BCUT2D eigenvalue weighted by Gasteiger charge is 2.37. The molecule has 4 nitrogen and oxygen atoms in total. The third-order valence-electron chi connectivity index (χ3n) is 3.51. The number of hydrogen-bond acceptors (Lipinski definition) is 3. The van der Waals surface area contributed by atoms with E-state index >= 15 is 0 Å². The number of carbonyl (C=O) groups excluding carboxylic acids is 1. The smallest absolute Gasteiger partial charge is 0.239 e. The lowest BCUT2D eigenvalue weighted by molar-refractivity contribution is -0.156. The topological polar surface area (TPSA) is 43.8 Å². The van der Waals surface area contributed by atoms with Crippen molar-refractivity contribution in [2.24, 2.45) is 0 Å². The first kappa shape index (κ1) is 10.9. The predicted molar refractivity (Wildman–Crippen MR) is 57.0 cm³/mol. The molecular formula is C11H20N2O2. The monoisotopic (exact) mass is 212 g/mol. The molecule has 0 aromatic rings. The van der Waals surface area contributed by atoms with Crippen molar-refractivity contribution in [3.63, 3.8) is 0 Å². The molecule has 3 unspecified atom stereocenters. The fourth-order valence-electron chi connectivity index (χ4n) is 2.78. The van der Waals surface area contributed by atoms with Crippen LogP contribution in [0.2, 0.25) is 0 Å². The lowest BCUT2D eigenvalue weighted by atomic mass is 9.99. The molecule has 15 heavy (non-hydrogen) atoms. The van der Waals surface area contributed by atoms with E-state index in [0.717, 1.165) is 12.8 Å². The highest BCUT2D eigenvalue weighted by atomic mass is 16.3. The van der Waals surface area contributed by atoms with Crippen LogP contribution < -0.4 is 0 Å². The van der Waals surface area contributed by atoms with Crippen LogP contribution in [0, 0.1) is 0 Å². The molecule has 0 bridgehead atoms. The summed E-state index contributed by atoms with van der Waals surface area (Å²) in [6.07, 6.45) is 3.34. The van der Waals surface area contributed by atoms with Gasteiger partial charge in [0.2, 0.25) is 5.91 Å². The number of hydrazine groups is 1. The van der Waals surface area contributed by atoms with Gasteiger partial charge in [-0.2, -0.15) is 0 Å². The molecule has 2 aliphatic rings. The van der Waals surface area contributed by atoms with Crippen LogP contribution in [-0.2, 0) is 4.79 Å². The average molecular weight is 212 g/mol. The van der Waals surface area contributed by atoms with E-state index in [2.05, 4.69) is 18.9 Å². The van der Waals surface area contributed by atoms with Gasteiger partial charge in [-0.1, -0.05) is 6.42 Å². The lowest BCUT2D eigenvalue weighted by Crippen LogP contribution is -2.55. The van der Waals surface area contributed by atoms with Crippen molar-refractivity contribution in [2.75, 3.05) is 6.54 Å². The first-order chi connectivity index (χ1) is 7.09. The Morgan fingerprint density at radius 3 is 2.33 bits per heavy atom. The molecule has 0 radical (unpaired) electrons. The predicted octanol–water partition coefficient (Wildman–Crippen LogP) is 0.758. The van der Waals surface area contributed by atoms with E-state index in [0.29, 0.717) is 18.6 Å². The van der Waals surface area contributed by atoms with Gasteiger partial charge in [-0.3, -0.25) is 9.80 Å². The van der Waals surface area contributed by atoms with Crippen LogP contribution in [0.5, 0.6) is 0 Å². The van der Waals surface area contributed by atoms with E-state index < -0.39 is 6.10 Å². The Bertz CT molecular complexity index is 247. The van der Waals surface area contributed by atoms with E-state index in [9.17, 15) is 9.90 Å². The fourth-order valence-corrected chi connectivity index (χ4v) is 2.78. The van der Waals surface area contributed by atoms with E-state index in [1.54, 1.807) is 5.01 Å². The van der Waals surface area contributed by atoms with Crippen molar-refractivity contribution >= 4 is 5.91 Å². The number of β-amino-alcohol motifs (C(OH)–C–C–N with tert-alkyl or cyclic N) is 1. The van der Waals surface area contributed by atoms with Crippen LogP contribution in [0.15, 0.2) is 0 Å². The average Bonchev–Trinajstić information content (AvgIpc) is 2.45. The van der Waals surface area contributed by atoms with Crippen LogP contribution in [0.1, 0.15) is 39.5 Å². The van der Waals surface area contributed by atoms with Gasteiger partial charge in [0.05, 0.1) is 19.1 Å². The summed E-state index contributed by atoms with van der Waals surface area (Å²) >= 11 is 0. The third kappa shape index (κ3) is 2.01. The Labute approximate surface area is 90.8 Å². The van der Waals surface area contributed by atoms with Crippen LogP contribution in [0.3, 0.4) is 0 Å². The molecule has 2 saturated heterocycles. The second-order valence-electron chi connectivity index (χ2n) is 4.84. The largest absolute Gasteiger partial charge is 0.391 e. The van der Waals surface area contributed by atoms with E-state index in [1.165, 1.54) is 6.42 Å². The minimum absolute atomic E-state index is 0.0723. The van der Waals surface area contributed by atoms with Crippen LogP contribution in [-0.4, -0.2) is 45.8 Å². The van der Waals surface area contributed by atoms with Gasteiger partial charge in [0, 0.05) is 12.1 Å². The number of carbonyl (C=O) groups is 1. The molecule has 1 N–H and O–H groups in total. The van der Waals surface area contributed by atoms with Gasteiger partial charge < -0.3 is 5.11 Å². The van der Waals surface area contributed by atoms with E-state index in [4.69, 9.17) is 0 Å². The van der Waals surface area contributed by atoms with E-state index in [-0.39, 0.29) is 12.3 Å². The number of aliphatic hydroxyl groups excluding tert-OH is 1. The van der Waals surface area contributed by atoms with Gasteiger partial charge in [-0.05, 0) is 26.7 Å². The summed E-state index contributed by atoms with van der Waals surface area (Å²) in [5, 5.41) is 13.4. The molecule has 0 aliphatic carbocycles. The molecular weight excluding hydrogens is 192 g/mol. The number of aliphatic hydroxyl groups is 1. The van der Waals surface area contributed by atoms with Crippen LogP contribution in [0.4, 0.5) is 0 Å². The Morgan fingerprint density at radius 1 is 1.27 bits per heavy atom. The SMILES string of the molecule is CC1CCCC(C)N1N1CC(O)CC1=O. The van der Waals surface area contributed by atoms with Crippen molar-refractivity contribution in [1.29, 1.82) is 0 Å². The van der Waals surface area contributed by atoms with Gasteiger partial charge in [0.1, 0.15) is 0 Å². The number of piperidine rings is 1. The molecule has 86 valence electrons. The molecule has 2 aliphatic heterocycles. The minimum atomic E-state index is -0.473. The Hall–Kier alpha value is -0.610. The summed E-state index contributed by atoms with van der Waals surface area (Å²) in [5.74, 6) is 0.0723. The quantitative estimate of drug-likeness (QED) is 0.698. The van der Waals surface area contributed by atoms with Gasteiger partial charge in [0.15, 0.2) is 0 Å². The molecule has 0 aromatic heterocycles. The Kier molecular flexibility index (Phi) is 2.98. The first-order valence-electron chi connectivity index (χ1n) is 5.86. The fraction of sp³-hybridized carbons (Fsp3) is 0.909. The highest BCUT2D eigenvalue weighted by molar-refractivity contribution is 5.78. The van der Waals surface area contributed by atoms with E-state index in [1.807, 2.05) is 0 Å². The van der Waals surface area contributed by atoms with Crippen molar-refractivity contribution in [3.05, 3.63) is 0 Å². The zero-order valence-corrected chi connectivity index (χ0v) is 9.52. The summed E-state index contributed by atoms with van der Waals surface area (Å²) in [6, 6.07) is 0.839.